The molecule has 0 aliphatic carbocycles. The lowest BCUT2D eigenvalue weighted by molar-refractivity contribution is -0.139. The molecule has 2 amide bonds. The predicted molar refractivity (Wildman–Crippen MR) is 116 cm³/mol. The molecule has 0 unspecified atom stereocenters. The molecular weight excluding hydrogens is 384 g/mol. The third-order valence-corrected chi connectivity index (χ3v) is 4.78. The fourth-order valence-electron chi connectivity index (χ4n) is 3.28. The van der Waals surface area contributed by atoms with Gasteiger partial charge in [0, 0.05) is 33.4 Å². The van der Waals surface area contributed by atoms with Crippen molar-refractivity contribution in [2.75, 3.05) is 47.1 Å². The second-order valence-electron chi connectivity index (χ2n) is 8.00. The number of carbonyl (C=O) groups excluding carboxylic acids is 2. The highest BCUT2D eigenvalue weighted by molar-refractivity contribution is 6.35. The topological polar surface area (TPSA) is 68.3 Å². The molecular formula is C23H34N2O5. The molecule has 30 heavy (non-hydrogen) atoms. The van der Waals surface area contributed by atoms with Crippen LogP contribution in [0.5, 0.6) is 5.75 Å². The molecule has 0 atom stereocenters. The van der Waals surface area contributed by atoms with Crippen LogP contribution in [0.25, 0.3) is 5.57 Å². The number of rotatable bonds is 12. The Labute approximate surface area is 179 Å². The van der Waals surface area contributed by atoms with E-state index >= 15 is 0 Å². The van der Waals surface area contributed by atoms with Crippen LogP contribution < -0.4 is 4.74 Å². The van der Waals surface area contributed by atoms with E-state index < -0.39 is 0 Å². The summed E-state index contributed by atoms with van der Waals surface area (Å²) in [6, 6.07) is 7.12. The van der Waals surface area contributed by atoms with Gasteiger partial charge in [0.15, 0.2) is 0 Å². The summed E-state index contributed by atoms with van der Waals surface area (Å²) in [7, 11) is 3.23. The van der Waals surface area contributed by atoms with Gasteiger partial charge in [-0.1, -0.05) is 26.0 Å². The first-order valence-electron chi connectivity index (χ1n) is 10.4. The van der Waals surface area contributed by atoms with Gasteiger partial charge in [0.05, 0.1) is 25.4 Å². The second kappa shape index (κ2) is 11.1. The van der Waals surface area contributed by atoms with Crippen LogP contribution in [0, 0.1) is 5.92 Å². The molecule has 0 fully saturated rings. The number of methoxy groups -OCH3 is 2. The number of ether oxygens (including phenoxy) is 3. The van der Waals surface area contributed by atoms with E-state index in [9.17, 15) is 9.59 Å². The molecule has 0 saturated heterocycles. The quantitative estimate of drug-likeness (QED) is 0.486. The molecule has 1 aliphatic rings. The van der Waals surface area contributed by atoms with Gasteiger partial charge in [0.1, 0.15) is 11.4 Å². The highest BCUT2D eigenvalue weighted by atomic mass is 16.5. The Kier molecular flexibility index (Phi) is 8.87. The summed E-state index contributed by atoms with van der Waals surface area (Å²) >= 11 is 0. The minimum absolute atomic E-state index is 0.238. The number of hydrogen-bond acceptors (Lipinski definition) is 6. The molecule has 1 aromatic carbocycles. The standard InChI is InChI=1S/C23H34N2O5/c1-16(2)15-30-19-9-7-18(8-10-19)20-21(23(27)25(17(3)4)22(20)26)24(11-13-28-5)12-14-29-6/h7-10,16-17H,11-15H2,1-6H3. The van der Waals surface area contributed by atoms with E-state index in [4.69, 9.17) is 14.2 Å². The van der Waals surface area contributed by atoms with Gasteiger partial charge in [-0.25, -0.2) is 0 Å². The molecule has 2 rings (SSSR count). The van der Waals surface area contributed by atoms with Crippen LogP contribution in [-0.2, 0) is 19.1 Å². The maximum Gasteiger partial charge on any atom is 0.278 e. The maximum absolute atomic E-state index is 13.3. The zero-order chi connectivity index (χ0) is 22.3. The minimum Gasteiger partial charge on any atom is -0.493 e. The molecule has 166 valence electrons. The molecule has 7 nitrogen and oxygen atoms in total. The summed E-state index contributed by atoms with van der Waals surface area (Å²) in [5.74, 6) is 0.600. The number of nitrogens with zero attached hydrogens (tertiary/aromatic N) is 2. The van der Waals surface area contributed by atoms with E-state index in [2.05, 4.69) is 13.8 Å². The number of benzene rings is 1. The predicted octanol–water partition coefficient (Wildman–Crippen LogP) is 2.80. The van der Waals surface area contributed by atoms with E-state index in [1.165, 1.54) is 4.90 Å². The van der Waals surface area contributed by atoms with Crippen LogP contribution in [-0.4, -0.2) is 74.8 Å². The number of hydrogen-bond donors (Lipinski definition) is 0. The van der Waals surface area contributed by atoms with Crippen molar-refractivity contribution in [2.45, 2.75) is 33.7 Å². The molecule has 0 N–H and O–H groups in total. The van der Waals surface area contributed by atoms with E-state index in [0.717, 1.165) is 5.75 Å². The van der Waals surface area contributed by atoms with Crippen LogP contribution in [0.2, 0.25) is 0 Å². The van der Waals surface area contributed by atoms with Crippen molar-refractivity contribution >= 4 is 17.4 Å². The maximum atomic E-state index is 13.3. The fraction of sp³-hybridized carbons (Fsp3) is 0.565. The molecule has 0 radical (unpaired) electrons. The normalized spacial score (nSPS) is 14.5. The molecule has 0 bridgehead atoms. The average Bonchev–Trinajstić information content (AvgIpc) is 2.97. The third-order valence-electron chi connectivity index (χ3n) is 4.78. The lowest BCUT2D eigenvalue weighted by Gasteiger charge is -2.26. The Morgan fingerprint density at radius 2 is 1.47 bits per heavy atom. The van der Waals surface area contributed by atoms with Gasteiger partial charge >= 0.3 is 0 Å². The molecule has 0 aromatic heterocycles. The molecule has 1 heterocycles. The number of amides is 2. The van der Waals surface area contributed by atoms with E-state index in [-0.39, 0.29) is 17.9 Å². The lowest BCUT2D eigenvalue weighted by atomic mass is 10.0. The van der Waals surface area contributed by atoms with Crippen molar-refractivity contribution in [3.8, 4) is 5.75 Å². The van der Waals surface area contributed by atoms with E-state index in [0.29, 0.717) is 55.7 Å². The number of carbonyl (C=O) groups is 2. The van der Waals surface area contributed by atoms with Gasteiger partial charge in [-0.3, -0.25) is 14.5 Å². The zero-order valence-corrected chi connectivity index (χ0v) is 18.9. The van der Waals surface area contributed by atoms with Crippen molar-refractivity contribution in [1.82, 2.24) is 9.80 Å². The largest absolute Gasteiger partial charge is 0.493 e. The molecule has 1 aromatic rings. The smallest absolute Gasteiger partial charge is 0.278 e. The third kappa shape index (κ3) is 5.61. The first-order chi connectivity index (χ1) is 14.3. The average molecular weight is 419 g/mol. The van der Waals surface area contributed by atoms with Crippen LogP contribution in [0.1, 0.15) is 33.3 Å². The Morgan fingerprint density at radius 3 is 1.93 bits per heavy atom. The fourth-order valence-corrected chi connectivity index (χ4v) is 3.28. The van der Waals surface area contributed by atoms with E-state index in [1.807, 2.05) is 43.0 Å². The van der Waals surface area contributed by atoms with Crippen molar-refractivity contribution in [3.05, 3.63) is 35.5 Å². The van der Waals surface area contributed by atoms with Gasteiger partial charge in [-0.15, -0.1) is 0 Å². The van der Waals surface area contributed by atoms with Crippen molar-refractivity contribution in [2.24, 2.45) is 5.92 Å². The Bertz CT molecular complexity index is 747. The first kappa shape index (κ1) is 23.9. The van der Waals surface area contributed by atoms with Crippen LogP contribution >= 0.6 is 0 Å². The molecule has 0 spiro atoms. The highest BCUT2D eigenvalue weighted by Crippen LogP contribution is 2.33. The van der Waals surface area contributed by atoms with E-state index in [1.54, 1.807) is 14.2 Å². The number of imide groups is 1. The van der Waals surface area contributed by atoms with Gasteiger partial charge in [0.2, 0.25) is 0 Å². The minimum atomic E-state index is -0.280. The van der Waals surface area contributed by atoms with Crippen LogP contribution in [0.3, 0.4) is 0 Å². The molecule has 0 saturated carbocycles. The summed E-state index contributed by atoms with van der Waals surface area (Å²) in [5, 5.41) is 0. The van der Waals surface area contributed by atoms with Crippen LogP contribution in [0.15, 0.2) is 30.0 Å². The summed E-state index contributed by atoms with van der Waals surface area (Å²) < 4.78 is 16.2. The Hall–Kier alpha value is -2.38. The molecule has 1 aliphatic heterocycles. The first-order valence-corrected chi connectivity index (χ1v) is 10.4. The van der Waals surface area contributed by atoms with Crippen molar-refractivity contribution < 1.29 is 23.8 Å². The zero-order valence-electron chi connectivity index (χ0n) is 18.9. The monoisotopic (exact) mass is 418 g/mol. The highest BCUT2D eigenvalue weighted by Gasteiger charge is 2.42. The summed E-state index contributed by atoms with van der Waals surface area (Å²) in [6.07, 6.45) is 0. The lowest BCUT2D eigenvalue weighted by Crippen LogP contribution is -2.40. The summed E-state index contributed by atoms with van der Waals surface area (Å²) in [6.45, 7) is 10.3. The van der Waals surface area contributed by atoms with Gasteiger partial charge in [0.25, 0.3) is 11.8 Å². The Balaban J connectivity index is 2.46. The van der Waals surface area contributed by atoms with Gasteiger partial charge in [-0.2, -0.15) is 0 Å². The second-order valence-corrected chi connectivity index (χ2v) is 8.00. The summed E-state index contributed by atoms with van der Waals surface area (Å²) in [4.78, 5) is 29.7. The summed E-state index contributed by atoms with van der Waals surface area (Å²) in [5.41, 5.74) is 1.51. The Morgan fingerprint density at radius 1 is 0.900 bits per heavy atom. The van der Waals surface area contributed by atoms with Gasteiger partial charge < -0.3 is 19.1 Å². The van der Waals surface area contributed by atoms with Gasteiger partial charge in [-0.05, 0) is 37.5 Å². The van der Waals surface area contributed by atoms with Crippen molar-refractivity contribution in [1.29, 1.82) is 0 Å². The van der Waals surface area contributed by atoms with Crippen molar-refractivity contribution in [3.63, 3.8) is 0 Å². The SMILES string of the molecule is COCCN(CCOC)C1=C(c2ccc(OCC(C)C)cc2)C(=O)N(C(C)C)C1=O. The van der Waals surface area contributed by atoms with Crippen LogP contribution in [0.4, 0.5) is 0 Å². The molecule has 7 heteroatoms.